The smallest absolute Gasteiger partial charge is 0.144 e. The summed E-state index contributed by atoms with van der Waals surface area (Å²) in [6.07, 6.45) is 3.22. The van der Waals surface area contributed by atoms with Gasteiger partial charge in [0.25, 0.3) is 0 Å². The van der Waals surface area contributed by atoms with Crippen molar-refractivity contribution in [1.82, 2.24) is 9.97 Å². The van der Waals surface area contributed by atoms with Gasteiger partial charge in [-0.2, -0.15) is 11.8 Å². The quantitative estimate of drug-likeness (QED) is 0.722. The van der Waals surface area contributed by atoms with E-state index in [-0.39, 0.29) is 0 Å². The zero-order valence-corrected chi connectivity index (χ0v) is 13.8. The summed E-state index contributed by atoms with van der Waals surface area (Å²) in [5, 5.41) is 3.36. The van der Waals surface area contributed by atoms with Crippen molar-refractivity contribution in [2.24, 2.45) is 0 Å². The lowest BCUT2D eigenvalue weighted by Gasteiger charge is -2.11. The third-order valence-electron chi connectivity index (χ3n) is 2.42. The minimum absolute atomic E-state index is 0.898. The van der Waals surface area contributed by atoms with Crippen LogP contribution in [0.25, 0.3) is 0 Å². The molecular formula is C13H22BrN3S. The standard InChI is InChI=1S/C13H22BrN3S/c1-4-7-15-13-12(14)10(6-3)16-11(17-13)9-18-8-5-2/h4-9H2,1-3H3,(H,15,16,17). The van der Waals surface area contributed by atoms with Gasteiger partial charge in [0.15, 0.2) is 0 Å². The number of aryl methyl sites for hydroxylation is 1. The Hall–Kier alpha value is -0.290. The molecule has 0 aliphatic carbocycles. The highest BCUT2D eigenvalue weighted by molar-refractivity contribution is 9.10. The maximum Gasteiger partial charge on any atom is 0.144 e. The van der Waals surface area contributed by atoms with Gasteiger partial charge in [-0.3, -0.25) is 0 Å². The van der Waals surface area contributed by atoms with Gasteiger partial charge in [-0.25, -0.2) is 9.97 Å². The summed E-state index contributed by atoms with van der Waals surface area (Å²) < 4.78 is 1.02. The second-order valence-electron chi connectivity index (χ2n) is 4.08. The Morgan fingerprint density at radius 2 is 1.94 bits per heavy atom. The molecule has 1 aromatic heterocycles. The Balaban J connectivity index is 2.83. The van der Waals surface area contributed by atoms with Crippen LogP contribution in [0.5, 0.6) is 0 Å². The lowest BCUT2D eigenvalue weighted by molar-refractivity contribution is 0.906. The topological polar surface area (TPSA) is 37.8 Å². The van der Waals surface area contributed by atoms with Gasteiger partial charge in [0.05, 0.1) is 15.9 Å². The Morgan fingerprint density at radius 1 is 1.17 bits per heavy atom. The predicted molar refractivity (Wildman–Crippen MR) is 84.3 cm³/mol. The zero-order valence-electron chi connectivity index (χ0n) is 11.4. The van der Waals surface area contributed by atoms with Gasteiger partial charge in [0.2, 0.25) is 0 Å². The fourth-order valence-corrected chi connectivity index (χ4v) is 2.85. The molecule has 3 nitrogen and oxygen atoms in total. The van der Waals surface area contributed by atoms with Gasteiger partial charge in [-0.05, 0) is 40.9 Å². The number of rotatable bonds is 8. The lowest BCUT2D eigenvalue weighted by atomic mass is 10.3. The number of nitrogens with one attached hydrogen (secondary N) is 1. The van der Waals surface area contributed by atoms with E-state index < -0.39 is 0 Å². The number of aromatic nitrogens is 2. The molecule has 0 saturated heterocycles. The largest absolute Gasteiger partial charge is 0.369 e. The van der Waals surface area contributed by atoms with Crippen molar-refractivity contribution >= 4 is 33.5 Å². The minimum atomic E-state index is 0.898. The molecule has 18 heavy (non-hydrogen) atoms. The number of nitrogens with zero attached hydrogens (tertiary/aromatic N) is 2. The average molecular weight is 332 g/mol. The van der Waals surface area contributed by atoms with E-state index in [0.29, 0.717) is 0 Å². The average Bonchev–Trinajstić information content (AvgIpc) is 2.39. The molecule has 0 aliphatic heterocycles. The summed E-state index contributed by atoms with van der Waals surface area (Å²) in [5.74, 6) is 3.94. The first-order valence-corrected chi connectivity index (χ1v) is 8.54. The van der Waals surface area contributed by atoms with Crippen LogP contribution in [-0.2, 0) is 12.2 Å². The van der Waals surface area contributed by atoms with E-state index in [1.165, 1.54) is 12.2 Å². The molecule has 1 rings (SSSR count). The van der Waals surface area contributed by atoms with Crippen molar-refractivity contribution < 1.29 is 0 Å². The minimum Gasteiger partial charge on any atom is -0.369 e. The molecule has 102 valence electrons. The molecule has 0 spiro atoms. The summed E-state index contributed by atoms with van der Waals surface area (Å²) in [6.45, 7) is 7.42. The monoisotopic (exact) mass is 331 g/mol. The SMILES string of the molecule is CCCNc1nc(CSCCC)nc(CC)c1Br. The zero-order chi connectivity index (χ0) is 13.4. The Labute approximate surface area is 123 Å². The van der Waals surface area contributed by atoms with Crippen LogP contribution in [0.3, 0.4) is 0 Å². The van der Waals surface area contributed by atoms with Gasteiger partial charge in [0.1, 0.15) is 11.6 Å². The third kappa shape index (κ3) is 4.76. The molecule has 0 radical (unpaired) electrons. The van der Waals surface area contributed by atoms with Crippen LogP contribution >= 0.6 is 27.7 Å². The van der Waals surface area contributed by atoms with E-state index >= 15 is 0 Å². The fourth-order valence-electron chi connectivity index (χ4n) is 1.51. The molecule has 1 N–H and O–H groups in total. The molecule has 0 bridgehead atoms. The van der Waals surface area contributed by atoms with Gasteiger partial charge in [0, 0.05) is 6.54 Å². The molecule has 1 aromatic rings. The van der Waals surface area contributed by atoms with Crippen molar-refractivity contribution in [3.8, 4) is 0 Å². The van der Waals surface area contributed by atoms with Crippen molar-refractivity contribution in [3.05, 3.63) is 16.0 Å². The van der Waals surface area contributed by atoms with Crippen molar-refractivity contribution in [2.75, 3.05) is 17.6 Å². The highest BCUT2D eigenvalue weighted by atomic mass is 79.9. The van der Waals surface area contributed by atoms with Crippen LogP contribution in [-0.4, -0.2) is 22.3 Å². The number of hydrogen-bond donors (Lipinski definition) is 1. The van der Waals surface area contributed by atoms with E-state index in [1.807, 2.05) is 11.8 Å². The van der Waals surface area contributed by atoms with Gasteiger partial charge in [-0.15, -0.1) is 0 Å². The third-order valence-corrected chi connectivity index (χ3v) is 4.42. The van der Waals surface area contributed by atoms with Crippen LogP contribution in [0.2, 0.25) is 0 Å². The molecular weight excluding hydrogens is 310 g/mol. The summed E-state index contributed by atoms with van der Waals surface area (Å²) in [7, 11) is 0. The molecule has 0 aliphatic rings. The van der Waals surface area contributed by atoms with Crippen molar-refractivity contribution in [1.29, 1.82) is 0 Å². The van der Waals surface area contributed by atoms with Crippen molar-refractivity contribution in [2.45, 2.75) is 45.8 Å². The molecule has 0 aromatic carbocycles. The molecule has 1 heterocycles. The molecule has 5 heteroatoms. The normalized spacial score (nSPS) is 10.7. The predicted octanol–water partition coefficient (Wildman–Crippen LogP) is 4.27. The molecule has 0 amide bonds. The highest BCUT2D eigenvalue weighted by Crippen LogP contribution is 2.25. The van der Waals surface area contributed by atoms with Gasteiger partial charge < -0.3 is 5.32 Å². The van der Waals surface area contributed by atoms with E-state index in [1.54, 1.807) is 0 Å². The molecule has 0 atom stereocenters. The Kier molecular flexibility index (Phi) is 7.66. The maximum absolute atomic E-state index is 4.61. The summed E-state index contributed by atoms with van der Waals surface area (Å²) in [5.41, 5.74) is 1.09. The highest BCUT2D eigenvalue weighted by Gasteiger charge is 2.10. The second kappa shape index (κ2) is 8.75. The van der Waals surface area contributed by atoms with E-state index in [4.69, 9.17) is 0 Å². The Bertz CT molecular complexity index is 371. The van der Waals surface area contributed by atoms with E-state index in [2.05, 4.69) is 52.0 Å². The van der Waals surface area contributed by atoms with Gasteiger partial charge >= 0.3 is 0 Å². The van der Waals surface area contributed by atoms with Crippen LogP contribution in [0.15, 0.2) is 4.47 Å². The summed E-state index contributed by atoms with van der Waals surface area (Å²) in [4.78, 5) is 9.21. The summed E-state index contributed by atoms with van der Waals surface area (Å²) in [6, 6.07) is 0. The number of halogens is 1. The second-order valence-corrected chi connectivity index (χ2v) is 5.98. The number of thioether (sulfide) groups is 1. The number of anilines is 1. The Morgan fingerprint density at radius 3 is 2.56 bits per heavy atom. The first kappa shape index (κ1) is 15.8. The fraction of sp³-hybridized carbons (Fsp3) is 0.692. The van der Waals surface area contributed by atoms with Crippen LogP contribution in [0.1, 0.15) is 45.1 Å². The van der Waals surface area contributed by atoms with Crippen LogP contribution in [0.4, 0.5) is 5.82 Å². The first-order chi connectivity index (χ1) is 8.72. The first-order valence-electron chi connectivity index (χ1n) is 6.59. The molecule has 0 unspecified atom stereocenters. The maximum atomic E-state index is 4.61. The van der Waals surface area contributed by atoms with Crippen LogP contribution in [0, 0.1) is 0 Å². The van der Waals surface area contributed by atoms with Crippen molar-refractivity contribution in [3.63, 3.8) is 0 Å². The van der Waals surface area contributed by atoms with E-state index in [9.17, 15) is 0 Å². The summed E-state index contributed by atoms with van der Waals surface area (Å²) >= 11 is 5.49. The number of hydrogen-bond acceptors (Lipinski definition) is 4. The van der Waals surface area contributed by atoms with E-state index in [0.717, 1.165) is 46.9 Å². The molecule has 0 fully saturated rings. The molecule has 0 saturated carbocycles. The van der Waals surface area contributed by atoms with Crippen LogP contribution < -0.4 is 5.32 Å². The lowest BCUT2D eigenvalue weighted by Crippen LogP contribution is -2.08. The van der Waals surface area contributed by atoms with Gasteiger partial charge in [-0.1, -0.05) is 20.8 Å².